The average molecular weight is 162 g/mol. The van der Waals surface area contributed by atoms with Gasteiger partial charge in [0.15, 0.2) is 0 Å². The molecule has 0 aromatic rings. The quantitative estimate of drug-likeness (QED) is 0.540. The van der Waals surface area contributed by atoms with Crippen LogP contribution in [0.5, 0.6) is 0 Å². The molecule has 0 aliphatic carbocycles. The molecular weight excluding hydrogens is 152 g/mol. The van der Waals surface area contributed by atoms with Crippen molar-refractivity contribution in [2.75, 3.05) is 11.5 Å². The molecule has 1 saturated heterocycles. The first-order chi connectivity index (χ1) is 3.93. The van der Waals surface area contributed by atoms with Gasteiger partial charge in [0, 0.05) is 4.21 Å². The van der Waals surface area contributed by atoms with E-state index in [0.717, 1.165) is 13.7 Å². The second-order valence-corrected chi connectivity index (χ2v) is 6.43. The standard InChI is InChI=1S/C5H10S2Si/c1-8-5-6-3-2-4-7-5/h5H,2-4H2,1H3. The normalized spacial score (nSPS) is 23.6. The Balaban J connectivity index is 2.13. The fourth-order valence-corrected chi connectivity index (χ4v) is 4.89. The van der Waals surface area contributed by atoms with E-state index >= 15 is 0 Å². The highest BCUT2D eigenvalue weighted by Gasteiger charge is 2.11. The molecule has 1 aliphatic rings. The molecule has 0 aromatic heterocycles. The summed E-state index contributed by atoms with van der Waals surface area (Å²) in [5.74, 6) is 2.80. The Bertz CT molecular complexity index is 61.4. The first-order valence-corrected chi connectivity index (χ1v) is 6.51. The molecule has 0 N–H and O–H groups in total. The monoisotopic (exact) mass is 162 g/mol. The highest BCUT2D eigenvalue weighted by Crippen LogP contribution is 2.28. The molecule has 46 valence electrons. The minimum atomic E-state index is 0.948. The van der Waals surface area contributed by atoms with E-state index in [1.807, 2.05) is 0 Å². The van der Waals surface area contributed by atoms with Gasteiger partial charge in [-0.2, -0.15) is 23.5 Å². The van der Waals surface area contributed by atoms with Gasteiger partial charge in [0.05, 0.1) is 9.52 Å². The van der Waals surface area contributed by atoms with Gasteiger partial charge in [-0.15, -0.1) is 0 Å². The van der Waals surface area contributed by atoms with E-state index in [0.29, 0.717) is 0 Å². The predicted molar refractivity (Wildman–Crippen MR) is 44.9 cm³/mol. The molecule has 1 aliphatic heterocycles. The van der Waals surface area contributed by atoms with E-state index in [2.05, 4.69) is 30.1 Å². The minimum Gasteiger partial charge on any atom is -0.152 e. The summed E-state index contributed by atoms with van der Waals surface area (Å²) < 4.78 is 0.948. The maximum Gasteiger partial charge on any atom is 0.0659 e. The zero-order chi connectivity index (χ0) is 5.82. The van der Waals surface area contributed by atoms with E-state index in [1.165, 1.54) is 17.9 Å². The molecule has 0 atom stereocenters. The summed E-state index contributed by atoms with van der Waals surface area (Å²) in [7, 11) is 1.13. The SMILES string of the molecule is C[Si]C1SCCCS1. The molecule has 0 amide bonds. The van der Waals surface area contributed by atoms with Crippen molar-refractivity contribution < 1.29 is 0 Å². The van der Waals surface area contributed by atoms with Gasteiger partial charge in [-0.25, -0.2) is 0 Å². The van der Waals surface area contributed by atoms with Crippen molar-refractivity contribution in [2.24, 2.45) is 0 Å². The smallest absolute Gasteiger partial charge is 0.0659 e. The third-order valence-electron chi connectivity index (χ3n) is 1.06. The molecule has 1 heterocycles. The Morgan fingerprint density at radius 1 is 1.38 bits per heavy atom. The topological polar surface area (TPSA) is 0 Å². The molecule has 3 heteroatoms. The maximum atomic E-state index is 2.30. The number of hydrogen-bond donors (Lipinski definition) is 0. The minimum absolute atomic E-state index is 0.948. The lowest BCUT2D eigenvalue weighted by molar-refractivity contribution is 1.11. The first-order valence-electron chi connectivity index (χ1n) is 2.84. The highest BCUT2D eigenvalue weighted by atomic mass is 32.2. The largest absolute Gasteiger partial charge is 0.152 e. The van der Waals surface area contributed by atoms with Gasteiger partial charge in [-0.1, -0.05) is 6.55 Å². The number of thioether (sulfide) groups is 2. The van der Waals surface area contributed by atoms with Crippen molar-refractivity contribution in [1.82, 2.24) is 0 Å². The van der Waals surface area contributed by atoms with Crippen LogP contribution in [0.2, 0.25) is 6.55 Å². The Morgan fingerprint density at radius 3 is 2.38 bits per heavy atom. The Labute approximate surface area is 62.0 Å². The Kier molecular flexibility index (Phi) is 3.38. The van der Waals surface area contributed by atoms with Gasteiger partial charge in [-0.05, 0) is 17.9 Å². The van der Waals surface area contributed by atoms with Gasteiger partial charge >= 0.3 is 0 Å². The summed E-state index contributed by atoms with van der Waals surface area (Å²) in [6.07, 6.45) is 1.43. The fourth-order valence-electron chi connectivity index (χ4n) is 0.654. The molecule has 0 spiro atoms. The van der Waals surface area contributed by atoms with Crippen LogP contribution in [0.15, 0.2) is 0 Å². The molecule has 0 nitrogen and oxygen atoms in total. The van der Waals surface area contributed by atoms with Crippen LogP contribution < -0.4 is 0 Å². The molecule has 8 heavy (non-hydrogen) atoms. The van der Waals surface area contributed by atoms with Crippen LogP contribution >= 0.6 is 23.5 Å². The molecule has 1 fully saturated rings. The second-order valence-electron chi connectivity index (χ2n) is 1.72. The van der Waals surface area contributed by atoms with Crippen LogP contribution in [0.25, 0.3) is 0 Å². The summed E-state index contributed by atoms with van der Waals surface area (Å²) in [6.45, 7) is 2.30. The molecular formula is C5H10S2Si. The molecule has 0 aromatic carbocycles. The van der Waals surface area contributed by atoms with E-state index < -0.39 is 0 Å². The number of rotatable bonds is 1. The van der Waals surface area contributed by atoms with Crippen LogP contribution in [0.4, 0.5) is 0 Å². The highest BCUT2D eigenvalue weighted by molar-refractivity contribution is 8.19. The predicted octanol–water partition coefficient (Wildman–Crippen LogP) is 1.89. The van der Waals surface area contributed by atoms with Gasteiger partial charge in [0.25, 0.3) is 0 Å². The van der Waals surface area contributed by atoms with Crippen LogP contribution in [0.3, 0.4) is 0 Å². The Hall–Kier alpha value is 0.917. The summed E-state index contributed by atoms with van der Waals surface area (Å²) in [6, 6.07) is 0. The third-order valence-corrected chi connectivity index (χ3v) is 6.42. The molecule has 2 radical (unpaired) electrons. The van der Waals surface area contributed by atoms with Gasteiger partial charge in [-0.3, -0.25) is 0 Å². The van der Waals surface area contributed by atoms with Gasteiger partial charge in [0.2, 0.25) is 0 Å². The van der Waals surface area contributed by atoms with Crippen LogP contribution in [0, 0.1) is 0 Å². The van der Waals surface area contributed by atoms with E-state index in [-0.39, 0.29) is 0 Å². The zero-order valence-corrected chi connectivity index (χ0v) is 7.65. The van der Waals surface area contributed by atoms with Crippen LogP contribution in [-0.4, -0.2) is 25.2 Å². The van der Waals surface area contributed by atoms with Crippen LogP contribution in [-0.2, 0) is 0 Å². The zero-order valence-electron chi connectivity index (χ0n) is 5.02. The van der Waals surface area contributed by atoms with E-state index in [9.17, 15) is 0 Å². The average Bonchev–Trinajstić information content (AvgIpc) is 1.90. The van der Waals surface area contributed by atoms with Crippen molar-refractivity contribution >= 4 is 33.0 Å². The molecule has 0 saturated carbocycles. The van der Waals surface area contributed by atoms with E-state index in [1.54, 1.807) is 0 Å². The number of hydrogen-bond acceptors (Lipinski definition) is 2. The third kappa shape index (κ3) is 2.03. The fraction of sp³-hybridized carbons (Fsp3) is 1.00. The summed E-state index contributed by atoms with van der Waals surface area (Å²) in [5, 5.41) is 0. The molecule has 0 unspecified atom stereocenters. The summed E-state index contributed by atoms with van der Waals surface area (Å²) in [5.41, 5.74) is 0. The lowest BCUT2D eigenvalue weighted by Gasteiger charge is -2.17. The Morgan fingerprint density at radius 2 is 2.00 bits per heavy atom. The van der Waals surface area contributed by atoms with Crippen molar-refractivity contribution in [2.45, 2.75) is 17.2 Å². The van der Waals surface area contributed by atoms with Crippen LogP contribution in [0.1, 0.15) is 6.42 Å². The molecule has 1 rings (SSSR count). The van der Waals surface area contributed by atoms with Gasteiger partial charge < -0.3 is 0 Å². The summed E-state index contributed by atoms with van der Waals surface area (Å²) in [4.78, 5) is 0. The second kappa shape index (κ2) is 3.85. The maximum absolute atomic E-state index is 2.30. The first kappa shape index (κ1) is 7.03. The van der Waals surface area contributed by atoms with Gasteiger partial charge in [0.1, 0.15) is 0 Å². The van der Waals surface area contributed by atoms with Crippen molar-refractivity contribution in [3.05, 3.63) is 0 Å². The van der Waals surface area contributed by atoms with Crippen molar-refractivity contribution in [3.8, 4) is 0 Å². The van der Waals surface area contributed by atoms with Crippen molar-refractivity contribution in [1.29, 1.82) is 0 Å². The lowest BCUT2D eigenvalue weighted by atomic mass is 10.6. The van der Waals surface area contributed by atoms with E-state index in [4.69, 9.17) is 0 Å². The molecule has 0 bridgehead atoms. The summed E-state index contributed by atoms with van der Waals surface area (Å²) >= 11 is 4.28. The van der Waals surface area contributed by atoms with Crippen molar-refractivity contribution in [3.63, 3.8) is 0 Å². The lowest BCUT2D eigenvalue weighted by Crippen LogP contribution is -2.11.